The maximum absolute atomic E-state index is 12.7. The summed E-state index contributed by atoms with van der Waals surface area (Å²) in [6, 6.07) is 5.73. The maximum Gasteiger partial charge on any atom is 0.240 e. The lowest BCUT2D eigenvalue weighted by Crippen LogP contribution is -2.61. The second-order valence-electron chi connectivity index (χ2n) is 6.41. The Kier molecular flexibility index (Phi) is 3.64. The van der Waals surface area contributed by atoms with E-state index in [4.69, 9.17) is 5.73 Å². The van der Waals surface area contributed by atoms with Crippen molar-refractivity contribution < 1.29 is 9.59 Å². The summed E-state index contributed by atoms with van der Waals surface area (Å²) >= 11 is 0. The fourth-order valence-electron chi connectivity index (χ4n) is 3.01. The molecule has 1 aliphatic carbocycles. The molecule has 1 aromatic heterocycles. The first-order chi connectivity index (χ1) is 10.5. The molecule has 0 spiro atoms. The van der Waals surface area contributed by atoms with Crippen molar-refractivity contribution >= 4 is 11.8 Å². The predicted molar refractivity (Wildman–Crippen MR) is 81.7 cm³/mol. The molecule has 2 aliphatic rings. The molecule has 2 heterocycles. The minimum absolute atomic E-state index is 0.0367. The largest absolute Gasteiger partial charge is 0.343 e. The summed E-state index contributed by atoms with van der Waals surface area (Å²) < 4.78 is 0. The van der Waals surface area contributed by atoms with E-state index in [9.17, 15) is 9.59 Å². The third kappa shape index (κ3) is 2.70. The number of carbonyl (C=O) groups excluding carboxylic acids is 2. The summed E-state index contributed by atoms with van der Waals surface area (Å²) in [5.74, 6) is -0.0894. The van der Waals surface area contributed by atoms with Crippen LogP contribution in [0.5, 0.6) is 0 Å². The van der Waals surface area contributed by atoms with Crippen LogP contribution in [0.3, 0.4) is 0 Å². The molecule has 118 valence electrons. The van der Waals surface area contributed by atoms with Crippen molar-refractivity contribution in [2.45, 2.75) is 43.7 Å². The van der Waals surface area contributed by atoms with Gasteiger partial charge in [-0.05, 0) is 37.8 Å². The second kappa shape index (κ2) is 5.35. The van der Waals surface area contributed by atoms with Gasteiger partial charge in [0.1, 0.15) is 0 Å². The number of pyridine rings is 1. The summed E-state index contributed by atoms with van der Waals surface area (Å²) in [7, 11) is 0. The van der Waals surface area contributed by atoms with Crippen LogP contribution in [0.2, 0.25) is 0 Å². The van der Waals surface area contributed by atoms with Crippen molar-refractivity contribution in [3.63, 3.8) is 0 Å². The Hall–Kier alpha value is -1.95. The van der Waals surface area contributed by atoms with Crippen LogP contribution >= 0.6 is 0 Å². The number of piperidine rings is 1. The van der Waals surface area contributed by atoms with Gasteiger partial charge in [-0.15, -0.1) is 0 Å². The minimum atomic E-state index is -0.893. The molecule has 0 bridgehead atoms. The number of amides is 2. The molecule has 22 heavy (non-hydrogen) atoms. The highest BCUT2D eigenvalue weighted by atomic mass is 16.2. The molecule has 0 radical (unpaired) electrons. The van der Waals surface area contributed by atoms with Crippen LogP contribution in [0, 0.1) is 0 Å². The zero-order valence-electron chi connectivity index (χ0n) is 12.8. The lowest BCUT2D eigenvalue weighted by Gasteiger charge is -2.38. The smallest absolute Gasteiger partial charge is 0.240 e. The van der Waals surface area contributed by atoms with E-state index in [-0.39, 0.29) is 17.4 Å². The van der Waals surface area contributed by atoms with E-state index in [1.807, 2.05) is 18.2 Å². The number of nitrogens with zero attached hydrogens (tertiary/aromatic N) is 2. The Bertz CT molecular complexity index is 575. The van der Waals surface area contributed by atoms with E-state index in [2.05, 4.69) is 10.3 Å². The molecule has 0 atom stereocenters. The zero-order chi connectivity index (χ0) is 15.8. The third-order valence-corrected chi connectivity index (χ3v) is 4.81. The van der Waals surface area contributed by atoms with E-state index >= 15 is 0 Å². The molecule has 6 heteroatoms. The number of hydrogen-bond donors (Lipinski definition) is 2. The molecule has 1 saturated carbocycles. The van der Waals surface area contributed by atoms with Crippen LogP contribution in [0.1, 0.15) is 38.3 Å². The molecular formula is C16H22N4O2. The number of likely N-dealkylation sites (tertiary alicyclic amines) is 1. The fourth-order valence-corrected chi connectivity index (χ4v) is 3.01. The van der Waals surface area contributed by atoms with Crippen LogP contribution in [0.25, 0.3) is 0 Å². The van der Waals surface area contributed by atoms with Gasteiger partial charge in [0.25, 0.3) is 0 Å². The Morgan fingerprint density at radius 2 is 1.91 bits per heavy atom. The lowest BCUT2D eigenvalue weighted by molar-refractivity contribution is -0.135. The van der Waals surface area contributed by atoms with Crippen LogP contribution in [0.15, 0.2) is 24.4 Å². The molecule has 1 saturated heterocycles. The lowest BCUT2D eigenvalue weighted by atomic mass is 9.87. The molecule has 0 unspecified atom stereocenters. The quantitative estimate of drug-likeness (QED) is 0.852. The van der Waals surface area contributed by atoms with Gasteiger partial charge >= 0.3 is 0 Å². The first-order valence-corrected chi connectivity index (χ1v) is 7.74. The van der Waals surface area contributed by atoms with Crippen molar-refractivity contribution in [1.82, 2.24) is 15.2 Å². The molecule has 1 aliphatic heterocycles. The maximum atomic E-state index is 12.7. The van der Waals surface area contributed by atoms with Gasteiger partial charge in [0.15, 0.2) is 0 Å². The van der Waals surface area contributed by atoms with Crippen molar-refractivity contribution in [1.29, 1.82) is 0 Å². The number of rotatable bonds is 3. The second-order valence-corrected chi connectivity index (χ2v) is 6.41. The zero-order valence-corrected chi connectivity index (χ0v) is 12.8. The van der Waals surface area contributed by atoms with Crippen LogP contribution in [-0.2, 0) is 15.1 Å². The minimum Gasteiger partial charge on any atom is -0.343 e. The normalized spacial score (nSPS) is 22.0. The highest BCUT2D eigenvalue weighted by molar-refractivity contribution is 5.87. The third-order valence-electron chi connectivity index (χ3n) is 4.81. The van der Waals surface area contributed by atoms with Gasteiger partial charge in [0.05, 0.1) is 16.8 Å². The van der Waals surface area contributed by atoms with E-state index in [1.165, 1.54) is 0 Å². The molecule has 6 nitrogen and oxygen atoms in total. The highest BCUT2D eigenvalue weighted by Gasteiger charge is 2.50. The Balaban J connectivity index is 1.66. The van der Waals surface area contributed by atoms with Crippen molar-refractivity contribution in [3.8, 4) is 0 Å². The Labute approximate surface area is 130 Å². The van der Waals surface area contributed by atoms with Gasteiger partial charge in [0.2, 0.25) is 11.8 Å². The van der Waals surface area contributed by atoms with E-state index in [1.54, 1.807) is 18.0 Å². The van der Waals surface area contributed by atoms with E-state index in [0.29, 0.717) is 25.9 Å². The van der Waals surface area contributed by atoms with Gasteiger partial charge in [-0.3, -0.25) is 14.6 Å². The molecule has 2 fully saturated rings. The van der Waals surface area contributed by atoms with Crippen LogP contribution in [-0.4, -0.2) is 40.3 Å². The molecule has 3 rings (SSSR count). The number of hydrogen-bond acceptors (Lipinski definition) is 4. The fraction of sp³-hybridized carbons (Fsp3) is 0.562. The van der Waals surface area contributed by atoms with Crippen LogP contribution < -0.4 is 11.1 Å². The van der Waals surface area contributed by atoms with Gasteiger partial charge < -0.3 is 16.0 Å². The summed E-state index contributed by atoms with van der Waals surface area (Å²) in [5.41, 5.74) is 5.97. The van der Waals surface area contributed by atoms with Gasteiger partial charge in [-0.2, -0.15) is 0 Å². The SMILES string of the molecule is CC(=O)N1CCC(N)(C(=O)NC2(c3ccccn3)CC2)CC1. The molecule has 1 aromatic rings. The van der Waals surface area contributed by atoms with E-state index < -0.39 is 5.54 Å². The number of nitrogens with two attached hydrogens (primary N) is 1. The van der Waals surface area contributed by atoms with Crippen molar-refractivity contribution in [2.24, 2.45) is 5.73 Å². The summed E-state index contributed by atoms with van der Waals surface area (Å²) in [6.45, 7) is 2.62. The van der Waals surface area contributed by atoms with Crippen molar-refractivity contribution in [3.05, 3.63) is 30.1 Å². The molecule has 0 aromatic carbocycles. The van der Waals surface area contributed by atoms with Crippen LogP contribution in [0.4, 0.5) is 0 Å². The average molecular weight is 302 g/mol. The highest BCUT2D eigenvalue weighted by Crippen LogP contribution is 2.44. The number of aromatic nitrogens is 1. The average Bonchev–Trinajstić information content (AvgIpc) is 3.29. The number of nitrogens with one attached hydrogen (secondary N) is 1. The van der Waals surface area contributed by atoms with Gasteiger partial charge in [-0.25, -0.2) is 0 Å². The summed E-state index contributed by atoms with van der Waals surface area (Å²) in [4.78, 5) is 30.1. The summed E-state index contributed by atoms with van der Waals surface area (Å²) in [6.07, 6.45) is 4.52. The monoisotopic (exact) mass is 302 g/mol. The van der Waals surface area contributed by atoms with E-state index in [0.717, 1.165) is 18.5 Å². The number of carbonyl (C=O) groups is 2. The molecule has 2 amide bonds. The van der Waals surface area contributed by atoms with Gasteiger partial charge in [-0.1, -0.05) is 6.07 Å². The molecule has 3 N–H and O–H groups in total. The Morgan fingerprint density at radius 1 is 1.23 bits per heavy atom. The predicted octanol–water partition coefficient (Wildman–Crippen LogP) is 0.527. The standard InChI is InChI=1S/C16H22N4O2/c1-12(21)20-10-7-15(17,8-11-20)14(22)19-16(5-6-16)13-4-2-3-9-18-13/h2-4,9H,5-8,10-11,17H2,1H3,(H,19,22). The van der Waals surface area contributed by atoms with Gasteiger partial charge in [0, 0.05) is 26.2 Å². The Morgan fingerprint density at radius 3 is 2.41 bits per heavy atom. The summed E-state index contributed by atoms with van der Waals surface area (Å²) in [5, 5.41) is 3.11. The topological polar surface area (TPSA) is 88.3 Å². The molecular weight excluding hydrogens is 280 g/mol. The van der Waals surface area contributed by atoms with Crippen molar-refractivity contribution in [2.75, 3.05) is 13.1 Å². The first-order valence-electron chi connectivity index (χ1n) is 7.74. The first kappa shape index (κ1) is 15.0.